The van der Waals surface area contributed by atoms with Gasteiger partial charge >= 0.3 is 0 Å². The fourth-order valence-electron chi connectivity index (χ4n) is 3.06. The summed E-state index contributed by atoms with van der Waals surface area (Å²) in [6, 6.07) is 0. The van der Waals surface area contributed by atoms with Gasteiger partial charge in [-0.1, -0.05) is 18.6 Å². The summed E-state index contributed by atoms with van der Waals surface area (Å²) in [5.41, 5.74) is 1.70. The van der Waals surface area contributed by atoms with Gasteiger partial charge in [-0.3, -0.25) is 4.79 Å². The Hall–Kier alpha value is -0.790. The van der Waals surface area contributed by atoms with Gasteiger partial charge in [0.15, 0.2) is 0 Å². The number of amides is 1. The summed E-state index contributed by atoms with van der Waals surface area (Å²) < 4.78 is 0. The quantitative estimate of drug-likeness (QED) is 0.651. The molecular formula is C13H21NO. The van der Waals surface area contributed by atoms with Crippen LogP contribution in [-0.2, 0) is 4.79 Å². The van der Waals surface area contributed by atoms with Gasteiger partial charge in [0.05, 0.1) is 0 Å². The lowest BCUT2D eigenvalue weighted by Crippen LogP contribution is -2.28. The van der Waals surface area contributed by atoms with E-state index in [1.807, 2.05) is 11.9 Å². The Labute approximate surface area is 92.3 Å². The third-order valence-electron chi connectivity index (χ3n) is 4.20. The summed E-state index contributed by atoms with van der Waals surface area (Å²) in [5.74, 6) is 1.35. The number of fused-ring (bicyclic) bond motifs is 1. The topological polar surface area (TPSA) is 20.3 Å². The number of rotatable bonds is 3. The number of carbonyl (C=O) groups excluding carboxylic acids is 1. The Kier molecular flexibility index (Phi) is 2.40. The second kappa shape index (κ2) is 3.36. The van der Waals surface area contributed by atoms with Gasteiger partial charge in [-0.2, -0.15) is 0 Å². The Balaban J connectivity index is 1.91. The lowest BCUT2D eigenvalue weighted by molar-refractivity contribution is -0.130. The Morgan fingerprint density at radius 3 is 2.73 bits per heavy atom. The monoisotopic (exact) mass is 207 g/mol. The highest BCUT2D eigenvalue weighted by atomic mass is 16.2. The van der Waals surface area contributed by atoms with Crippen molar-refractivity contribution < 1.29 is 4.79 Å². The average molecular weight is 207 g/mol. The Bertz CT molecular complexity index is 316. The van der Waals surface area contributed by atoms with Crippen molar-refractivity contribution >= 4 is 5.91 Å². The molecule has 1 amide bonds. The summed E-state index contributed by atoms with van der Waals surface area (Å²) in [6.07, 6.45) is 4.59. The first-order valence-electron chi connectivity index (χ1n) is 5.85. The van der Waals surface area contributed by atoms with E-state index in [0.717, 1.165) is 13.0 Å². The molecule has 1 saturated heterocycles. The number of carbonyl (C=O) groups is 1. The molecule has 2 nitrogen and oxygen atoms in total. The number of nitrogens with zero attached hydrogens (tertiary/aromatic N) is 1. The van der Waals surface area contributed by atoms with Crippen molar-refractivity contribution in [1.29, 1.82) is 0 Å². The van der Waals surface area contributed by atoms with Crippen molar-refractivity contribution in [2.45, 2.75) is 33.6 Å². The molecule has 2 heteroatoms. The van der Waals surface area contributed by atoms with Crippen molar-refractivity contribution in [3.63, 3.8) is 0 Å². The molecule has 0 bridgehead atoms. The van der Waals surface area contributed by atoms with Crippen LogP contribution >= 0.6 is 0 Å². The predicted molar refractivity (Wildman–Crippen MR) is 61.4 cm³/mol. The first kappa shape index (κ1) is 10.7. The molecule has 15 heavy (non-hydrogen) atoms. The van der Waals surface area contributed by atoms with Gasteiger partial charge in [-0.25, -0.2) is 0 Å². The molecule has 2 rings (SSSR count). The third kappa shape index (κ3) is 1.60. The summed E-state index contributed by atoms with van der Waals surface area (Å²) in [4.78, 5) is 13.7. The van der Waals surface area contributed by atoms with Crippen LogP contribution in [-0.4, -0.2) is 24.4 Å². The highest BCUT2D eigenvalue weighted by molar-refractivity contribution is 5.86. The molecule has 0 unspecified atom stereocenters. The minimum Gasteiger partial charge on any atom is -0.345 e. The number of piperidine rings is 1. The van der Waals surface area contributed by atoms with Crippen molar-refractivity contribution in [3.8, 4) is 0 Å². The minimum absolute atomic E-state index is 0.315. The van der Waals surface area contributed by atoms with Gasteiger partial charge in [0, 0.05) is 19.5 Å². The standard InChI is InChI=1S/C13H21NO/c1-9(2)6-5-7-13(3)10-8-14(4)12(15)11(10)13/h6,10-11H,5,7-8H2,1-4H3/t10-,11+,13+/m1/s1. The van der Waals surface area contributed by atoms with Gasteiger partial charge < -0.3 is 4.90 Å². The molecule has 84 valence electrons. The molecule has 3 atom stereocenters. The smallest absolute Gasteiger partial charge is 0.226 e. The minimum atomic E-state index is 0.315. The molecule has 1 heterocycles. The van der Waals surface area contributed by atoms with E-state index in [1.54, 1.807) is 0 Å². The van der Waals surface area contributed by atoms with E-state index in [0.29, 0.717) is 23.2 Å². The molecule has 0 aromatic heterocycles. The molecule has 1 aliphatic heterocycles. The average Bonchev–Trinajstić information content (AvgIpc) is 2.54. The van der Waals surface area contributed by atoms with Crippen LogP contribution in [0.15, 0.2) is 11.6 Å². The largest absolute Gasteiger partial charge is 0.345 e. The molecule has 0 aromatic rings. The maximum Gasteiger partial charge on any atom is 0.226 e. The van der Waals surface area contributed by atoms with Crippen LogP contribution in [0.3, 0.4) is 0 Å². The van der Waals surface area contributed by atoms with Gasteiger partial charge in [0.2, 0.25) is 5.91 Å². The zero-order valence-corrected chi connectivity index (χ0v) is 10.2. The lowest BCUT2D eigenvalue weighted by atomic mass is 9.95. The van der Waals surface area contributed by atoms with E-state index in [9.17, 15) is 4.79 Å². The van der Waals surface area contributed by atoms with Crippen molar-refractivity contribution in [2.24, 2.45) is 17.3 Å². The fraction of sp³-hybridized carbons (Fsp3) is 0.769. The number of hydrogen-bond acceptors (Lipinski definition) is 1. The second-order valence-corrected chi connectivity index (χ2v) is 5.63. The van der Waals surface area contributed by atoms with Crippen LogP contribution < -0.4 is 0 Å². The zero-order valence-electron chi connectivity index (χ0n) is 10.2. The summed E-state index contributed by atoms with van der Waals surface area (Å²) in [5, 5.41) is 0. The van der Waals surface area contributed by atoms with Crippen LogP contribution in [0.4, 0.5) is 0 Å². The summed E-state index contributed by atoms with van der Waals surface area (Å²) in [7, 11) is 1.92. The lowest BCUT2D eigenvalue weighted by Gasteiger charge is -2.19. The second-order valence-electron chi connectivity index (χ2n) is 5.63. The maximum absolute atomic E-state index is 11.8. The number of allylic oxidation sites excluding steroid dienone is 2. The molecule has 0 aromatic carbocycles. The van der Waals surface area contributed by atoms with E-state index < -0.39 is 0 Å². The van der Waals surface area contributed by atoms with Gasteiger partial charge in [-0.15, -0.1) is 0 Å². The molecule has 1 aliphatic carbocycles. The van der Waals surface area contributed by atoms with Crippen LogP contribution in [0.2, 0.25) is 0 Å². The zero-order chi connectivity index (χ0) is 11.2. The molecule has 0 N–H and O–H groups in total. The van der Waals surface area contributed by atoms with Crippen LogP contribution in [0.1, 0.15) is 33.6 Å². The van der Waals surface area contributed by atoms with E-state index in [-0.39, 0.29) is 0 Å². The van der Waals surface area contributed by atoms with Crippen molar-refractivity contribution in [2.75, 3.05) is 13.6 Å². The highest BCUT2D eigenvalue weighted by Crippen LogP contribution is 2.65. The normalized spacial score (nSPS) is 37.9. The predicted octanol–water partition coefficient (Wildman–Crippen LogP) is 2.46. The first-order valence-corrected chi connectivity index (χ1v) is 5.85. The summed E-state index contributed by atoms with van der Waals surface area (Å²) in [6.45, 7) is 7.53. The molecule has 1 saturated carbocycles. The molecular weight excluding hydrogens is 186 g/mol. The van der Waals surface area contributed by atoms with E-state index in [1.165, 1.54) is 12.0 Å². The van der Waals surface area contributed by atoms with E-state index in [4.69, 9.17) is 0 Å². The fourth-order valence-corrected chi connectivity index (χ4v) is 3.06. The van der Waals surface area contributed by atoms with Crippen molar-refractivity contribution in [1.82, 2.24) is 4.90 Å². The van der Waals surface area contributed by atoms with Gasteiger partial charge in [0.25, 0.3) is 0 Å². The Morgan fingerprint density at radius 2 is 2.27 bits per heavy atom. The summed E-state index contributed by atoms with van der Waals surface area (Å²) >= 11 is 0. The van der Waals surface area contributed by atoms with Crippen LogP contribution in [0.25, 0.3) is 0 Å². The van der Waals surface area contributed by atoms with E-state index in [2.05, 4.69) is 26.8 Å². The maximum atomic E-state index is 11.8. The van der Waals surface area contributed by atoms with Crippen LogP contribution in [0.5, 0.6) is 0 Å². The third-order valence-corrected chi connectivity index (χ3v) is 4.20. The Morgan fingerprint density at radius 1 is 1.60 bits per heavy atom. The first-order chi connectivity index (χ1) is 6.97. The van der Waals surface area contributed by atoms with Gasteiger partial charge in [0.1, 0.15) is 0 Å². The highest BCUT2D eigenvalue weighted by Gasteiger charge is 2.68. The SMILES string of the molecule is CC(C)=CCC[C@@]1(C)[C@@H]2CN(C)C(=O)[C@H]21. The molecule has 0 radical (unpaired) electrons. The van der Waals surface area contributed by atoms with Crippen LogP contribution in [0, 0.1) is 17.3 Å². The van der Waals surface area contributed by atoms with E-state index >= 15 is 0 Å². The number of hydrogen-bond donors (Lipinski definition) is 0. The molecule has 2 fully saturated rings. The molecule has 0 spiro atoms. The van der Waals surface area contributed by atoms with Gasteiger partial charge in [-0.05, 0) is 38.0 Å². The van der Waals surface area contributed by atoms with Crippen molar-refractivity contribution in [3.05, 3.63) is 11.6 Å². The number of likely N-dealkylation sites (tertiary alicyclic amines) is 1. The molecule has 2 aliphatic rings.